The average molecular weight is 444 g/mol. The van der Waals surface area contributed by atoms with Gasteiger partial charge in [0.05, 0.1) is 22.0 Å². The summed E-state index contributed by atoms with van der Waals surface area (Å²) in [6.45, 7) is 2.02. The van der Waals surface area contributed by atoms with Crippen molar-refractivity contribution in [1.29, 1.82) is 0 Å². The van der Waals surface area contributed by atoms with E-state index in [1.807, 2.05) is 49.9 Å². The van der Waals surface area contributed by atoms with Gasteiger partial charge in [-0.25, -0.2) is 4.98 Å². The first-order valence-electron chi connectivity index (χ1n) is 9.17. The van der Waals surface area contributed by atoms with Crippen molar-refractivity contribution in [2.24, 2.45) is 7.05 Å². The van der Waals surface area contributed by atoms with Gasteiger partial charge in [-0.1, -0.05) is 30.0 Å². The Balaban J connectivity index is 1.38. The summed E-state index contributed by atoms with van der Waals surface area (Å²) in [5, 5.41) is 12.3. The fourth-order valence-electron chi connectivity index (χ4n) is 2.87. The first-order chi connectivity index (χ1) is 14.0. The van der Waals surface area contributed by atoms with Crippen LogP contribution in [0.3, 0.4) is 0 Å². The summed E-state index contributed by atoms with van der Waals surface area (Å²) in [6, 6.07) is 12.1. The highest BCUT2D eigenvalue weighted by Crippen LogP contribution is 2.29. The predicted octanol–water partition coefficient (Wildman–Crippen LogP) is 4.39. The molecule has 9 heteroatoms. The summed E-state index contributed by atoms with van der Waals surface area (Å²) in [6.07, 6.45) is 0.754. The van der Waals surface area contributed by atoms with E-state index in [0.717, 1.165) is 32.6 Å². The molecule has 1 atom stereocenters. The summed E-state index contributed by atoms with van der Waals surface area (Å²) in [4.78, 5) is 20.4. The molecule has 0 saturated carbocycles. The summed E-state index contributed by atoms with van der Waals surface area (Å²) in [7, 11) is 3.78. The van der Waals surface area contributed by atoms with Crippen LogP contribution in [0.25, 0.3) is 10.2 Å². The monoisotopic (exact) mass is 443 g/mol. The van der Waals surface area contributed by atoms with Crippen LogP contribution in [0.2, 0.25) is 0 Å². The molecule has 3 aromatic heterocycles. The van der Waals surface area contributed by atoms with E-state index < -0.39 is 0 Å². The summed E-state index contributed by atoms with van der Waals surface area (Å²) in [5.74, 6) is 1.26. The number of carbonyl (C=O) groups is 1. The van der Waals surface area contributed by atoms with Crippen molar-refractivity contribution in [2.75, 3.05) is 12.8 Å². The number of nitrogens with zero attached hydrogens (tertiary/aromatic N) is 5. The molecule has 1 unspecified atom stereocenters. The van der Waals surface area contributed by atoms with Crippen LogP contribution in [0, 0.1) is 0 Å². The van der Waals surface area contributed by atoms with Crippen LogP contribution in [0.15, 0.2) is 46.9 Å². The number of hydrogen-bond acceptors (Lipinski definition) is 7. The molecule has 4 aromatic rings. The summed E-state index contributed by atoms with van der Waals surface area (Å²) < 4.78 is 3.11. The molecule has 0 aliphatic carbocycles. The third-order valence-electron chi connectivity index (χ3n) is 4.80. The van der Waals surface area contributed by atoms with Gasteiger partial charge >= 0.3 is 0 Å². The Kier molecular flexibility index (Phi) is 5.98. The first-order valence-corrected chi connectivity index (χ1v) is 11.9. The molecule has 6 nitrogen and oxygen atoms in total. The van der Waals surface area contributed by atoms with Crippen LogP contribution >= 0.6 is 34.4 Å². The lowest BCUT2D eigenvalue weighted by Gasteiger charge is -2.23. The SMILES string of the molecule is CC(c1nc2ccccc2s1)N(C)C(=O)CSc1nnc(Cc2cccs2)n1C. The minimum Gasteiger partial charge on any atom is -0.336 e. The molecule has 0 fully saturated rings. The molecule has 0 aliphatic heterocycles. The van der Waals surface area contributed by atoms with Gasteiger partial charge in [0.2, 0.25) is 5.91 Å². The Labute approximate surface area is 181 Å². The smallest absolute Gasteiger partial charge is 0.233 e. The largest absolute Gasteiger partial charge is 0.336 e. The van der Waals surface area contributed by atoms with Gasteiger partial charge in [0.1, 0.15) is 10.8 Å². The lowest BCUT2D eigenvalue weighted by atomic mass is 10.3. The fraction of sp³-hybridized carbons (Fsp3) is 0.300. The van der Waals surface area contributed by atoms with Gasteiger partial charge in [-0.05, 0) is 30.5 Å². The highest BCUT2D eigenvalue weighted by molar-refractivity contribution is 7.99. The summed E-state index contributed by atoms with van der Waals surface area (Å²) >= 11 is 4.76. The van der Waals surface area contributed by atoms with E-state index in [9.17, 15) is 4.79 Å². The van der Waals surface area contributed by atoms with E-state index >= 15 is 0 Å². The molecule has 0 N–H and O–H groups in total. The number of amides is 1. The molecule has 0 bridgehead atoms. The van der Waals surface area contributed by atoms with Crippen molar-refractivity contribution in [3.63, 3.8) is 0 Å². The van der Waals surface area contributed by atoms with Crippen molar-refractivity contribution < 1.29 is 4.79 Å². The lowest BCUT2D eigenvalue weighted by molar-refractivity contribution is -0.128. The van der Waals surface area contributed by atoms with E-state index in [-0.39, 0.29) is 11.9 Å². The van der Waals surface area contributed by atoms with E-state index in [1.54, 1.807) is 27.6 Å². The third kappa shape index (κ3) is 4.36. The molecule has 0 spiro atoms. The maximum atomic E-state index is 12.7. The highest BCUT2D eigenvalue weighted by atomic mass is 32.2. The zero-order valence-corrected chi connectivity index (χ0v) is 18.9. The number of benzene rings is 1. The van der Waals surface area contributed by atoms with Crippen LogP contribution in [0.1, 0.15) is 28.7 Å². The minimum absolute atomic E-state index is 0.0459. The molecule has 0 saturated heterocycles. The van der Waals surface area contributed by atoms with Crippen LogP contribution in [0.4, 0.5) is 0 Å². The van der Waals surface area contributed by atoms with Gasteiger partial charge in [0.25, 0.3) is 0 Å². The second kappa shape index (κ2) is 8.64. The zero-order valence-electron chi connectivity index (χ0n) is 16.4. The maximum absolute atomic E-state index is 12.7. The van der Waals surface area contributed by atoms with E-state index in [4.69, 9.17) is 0 Å². The number of thiophene rings is 1. The van der Waals surface area contributed by atoms with Crippen LogP contribution in [-0.4, -0.2) is 43.4 Å². The van der Waals surface area contributed by atoms with E-state index in [2.05, 4.69) is 32.7 Å². The molecule has 29 heavy (non-hydrogen) atoms. The fourth-order valence-corrected chi connectivity index (χ4v) is 5.49. The van der Waals surface area contributed by atoms with Crippen LogP contribution in [-0.2, 0) is 18.3 Å². The molecule has 0 aliphatic rings. The number of para-hydroxylation sites is 1. The van der Waals surface area contributed by atoms with E-state index in [0.29, 0.717) is 5.75 Å². The van der Waals surface area contributed by atoms with Gasteiger partial charge in [0, 0.05) is 25.4 Å². The minimum atomic E-state index is -0.0746. The third-order valence-corrected chi connectivity index (χ3v) is 7.89. The molecular formula is C20H21N5OS3. The zero-order chi connectivity index (χ0) is 20.4. The highest BCUT2D eigenvalue weighted by Gasteiger charge is 2.21. The molecule has 3 heterocycles. The van der Waals surface area contributed by atoms with E-state index in [1.165, 1.54) is 16.6 Å². The lowest BCUT2D eigenvalue weighted by Crippen LogP contribution is -2.31. The quantitative estimate of drug-likeness (QED) is 0.397. The van der Waals surface area contributed by atoms with Crippen LogP contribution in [0.5, 0.6) is 0 Å². The number of aromatic nitrogens is 4. The van der Waals surface area contributed by atoms with Gasteiger partial charge in [-0.15, -0.1) is 32.9 Å². The number of rotatable bonds is 7. The summed E-state index contributed by atoms with van der Waals surface area (Å²) in [5.41, 5.74) is 0.979. The molecule has 0 radical (unpaired) electrons. The number of carbonyl (C=O) groups excluding carboxylic acids is 1. The van der Waals surface area contributed by atoms with Crippen molar-refractivity contribution in [1.82, 2.24) is 24.6 Å². The maximum Gasteiger partial charge on any atom is 0.233 e. The van der Waals surface area contributed by atoms with Gasteiger partial charge in [0.15, 0.2) is 5.16 Å². The standard InChI is InChI=1S/C20H21N5OS3/c1-13(19-21-15-8-4-5-9-16(15)29-19)24(2)18(26)12-28-20-23-22-17(25(20)3)11-14-7-6-10-27-14/h4-10,13H,11-12H2,1-3H3. The molecule has 1 amide bonds. The molecule has 1 aromatic carbocycles. The average Bonchev–Trinajstić information content (AvgIpc) is 3.46. The second-order valence-electron chi connectivity index (χ2n) is 6.70. The Morgan fingerprint density at radius 1 is 1.24 bits per heavy atom. The van der Waals surface area contributed by atoms with Crippen molar-refractivity contribution in [2.45, 2.75) is 24.5 Å². The Bertz CT molecular complexity index is 1090. The van der Waals surface area contributed by atoms with Crippen molar-refractivity contribution >= 4 is 50.6 Å². The number of thioether (sulfide) groups is 1. The Morgan fingerprint density at radius 2 is 2.07 bits per heavy atom. The number of hydrogen-bond donors (Lipinski definition) is 0. The topological polar surface area (TPSA) is 63.9 Å². The molecule has 4 rings (SSSR count). The van der Waals surface area contributed by atoms with Crippen molar-refractivity contribution in [3.8, 4) is 0 Å². The number of fused-ring (bicyclic) bond motifs is 1. The number of thiazole rings is 1. The van der Waals surface area contributed by atoms with Crippen molar-refractivity contribution in [3.05, 3.63) is 57.5 Å². The Hall–Kier alpha value is -2.23. The van der Waals surface area contributed by atoms with Gasteiger partial charge < -0.3 is 9.47 Å². The van der Waals surface area contributed by atoms with Gasteiger partial charge in [-0.2, -0.15) is 0 Å². The predicted molar refractivity (Wildman–Crippen MR) is 120 cm³/mol. The Morgan fingerprint density at radius 3 is 2.83 bits per heavy atom. The van der Waals surface area contributed by atoms with Gasteiger partial charge in [-0.3, -0.25) is 4.79 Å². The normalized spacial score (nSPS) is 12.4. The second-order valence-corrected chi connectivity index (χ2v) is 9.74. The van der Waals surface area contributed by atoms with Crippen LogP contribution < -0.4 is 0 Å². The molecule has 150 valence electrons. The molecular weight excluding hydrogens is 422 g/mol. The first kappa shape index (κ1) is 20.1.